The molecule has 2 aliphatic heterocycles. The van der Waals surface area contributed by atoms with Gasteiger partial charge >= 0.3 is 5.97 Å². The van der Waals surface area contributed by atoms with Crippen LogP contribution in [0.5, 0.6) is 11.5 Å². The molecule has 38 heavy (non-hydrogen) atoms. The molecule has 1 fully saturated rings. The summed E-state index contributed by atoms with van der Waals surface area (Å²) >= 11 is 1.25. The molecule has 0 spiro atoms. The average molecular weight is 538 g/mol. The Labute approximate surface area is 224 Å². The molecule has 0 bridgehead atoms. The second kappa shape index (κ2) is 11.3. The predicted octanol–water partition coefficient (Wildman–Crippen LogP) is 3.40. The summed E-state index contributed by atoms with van der Waals surface area (Å²) in [6.45, 7) is 6.64. The number of benzene rings is 1. The number of hydrogen-bond acceptors (Lipinski definition) is 9. The zero-order valence-corrected chi connectivity index (χ0v) is 22.6. The van der Waals surface area contributed by atoms with Crippen LogP contribution in [0.3, 0.4) is 0 Å². The number of esters is 1. The number of furan rings is 1. The third-order valence-corrected chi connectivity index (χ3v) is 7.56. The highest BCUT2D eigenvalue weighted by atomic mass is 32.1. The van der Waals surface area contributed by atoms with Gasteiger partial charge in [0.15, 0.2) is 22.2 Å². The van der Waals surface area contributed by atoms with Crippen LogP contribution in [0, 0.1) is 0 Å². The number of ether oxygens (including phenoxy) is 3. The van der Waals surface area contributed by atoms with Crippen LogP contribution >= 0.6 is 11.3 Å². The number of thiazole rings is 1. The summed E-state index contributed by atoms with van der Waals surface area (Å²) in [6.07, 6.45) is 6.74. The van der Waals surface area contributed by atoms with E-state index < -0.39 is 12.0 Å². The van der Waals surface area contributed by atoms with Crippen LogP contribution in [0.4, 0.5) is 5.88 Å². The number of piperidine rings is 1. The summed E-state index contributed by atoms with van der Waals surface area (Å²) in [5, 5.41) is 0. The van der Waals surface area contributed by atoms with Gasteiger partial charge in [-0.25, -0.2) is 9.79 Å². The number of anilines is 1. The summed E-state index contributed by atoms with van der Waals surface area (Å²) in [5.74, 6) is 1.98. The third-order valence-electron chi connectivity index (χ3n) is 6.56. The molecule has 0 unspecified atom stereocenters. The van der Waals surface area contributed by atoms with Crippen molar-refractivity contribution in [1.29, 1.82) is 0 Å². The molecule has 4 heterocycles. The first-order valence-corrected chi connectivity index (χ1v) is 13.7. The van der Waals surface area contributed by atoms with E-state index in [4.69, 9.17) is 18.6 Å². The number of nitrogens with zero attached hydrogens (tertiary/aromatic N) is 3. The van der Waals surface area contributed by atoms with Gasteiger partial charge in [0, 0.05) is 31.4 Å². The topological polar surface area (TPSA) is 95.5 Å². The molecule has 200 valence electrons. The van der Waals surface area contributed by atoms with E-state index in [2.05, 4.69) is 9.89 Å². The van der Waals surface area contributed by atoms with Crippen molar-refractivity contribution in [2.24, 2.45) is 4.99 Å². The third kappa shape index (κ3) is 5.00. The lowest BCUT2D eigenvalue weighted by atomic mass is 9.97. The van der Waals surface area contributed by atoms with Crippen molar-refractivity contribution in [2.75, 3.05) is 38.3 Å². The fourth-order valence-electron chi connectivity index (χ4n) is 4.82. The van der Waals surface area contributed by atoms with Crippen molar-refractivity contribution >= 4 is 29.3 Å². The molecule has 10 heteroatoms. The smallest absolute Gasteiger partial charge is 0.337 e. The van der Waals surface area contributed by atoms with Crippen LogP contribution in [0.15, 0.2) is 56.3 Å². The Kier molecular flexibility index (Phi) is 7.69. The molecule has 0 N–H and O–H groups in total. The number of methoxy groups -OCH3 is 1. The van der Waals surface area contributed by atoms with Crippen molar-refractivity contribution in [3.05, 3.63) is 73.1 Å². The maximum Gasteiger partial charge on any atom is 0.337 e. The largest absolute Gasteiger partial charge is 0.490 e. The van der Waals surface area contributed by atoms with E-state index in [9.17, 15) is 9.59 Å². The van der Waals surface area contributed by atoms with Crippen molar-refractivity contribution in [2.45, 2.75) is 39.2 Å². The van der Waals surface area contributed by atoms with Gasteiger partial charge in [-0.2, -0.15) is 0 Å². The Hall–Kier alpha value is -3.79. The maximum atomic E-state index is 13.7. The number of rotatable bonds is 8. The first-order chi connectivity index (χ1) is 18.5. The van der Waals surface area contributed by atoms with Crippen LogP contribution in [0.2, 0.25) is 0 Å². The Balaban J connectivity index is 1.58. The Morgan fingerprint density at radius 3 is 2.61 bits per heavy atom. The highest BCUT2D eigenvalue weighted by Crippen LogP contribution is 2.35. The van der Waals surface area contributed by atoms with E-state index in [-0.39, 0.29) is 11.1 Å². The van der Waals surface area contributed by atoms with Crippen molar-refractivity contribution < 1.29 is 23.4 Å². The Morgan fingerprint density at radius 1 is 1.11 bits per heavy atom. The number of hydrogen-bond donors (Lipinski definition) is 0. The highest BCUT2D eigenvalue weighted by Gasteiger charge is 2.31. The molecule has 5 rings (SSSR count). The van der Waals surface area contributed by atoms with Crippen LogP contribution in [-0.4, -0.2) is 43.9 Å². The van der Waals surface area contributed by atoms with Crippen molar-refractivity contribution in [3.8, 4) is 11.5 Å². The number of fused-ring (bicyclic) bond motifs is 1. The molecular weight excluding hydrogens is 506 g/mol. The minimum atomic E-state index is -0.740. The maximum absolute atomic E-state index is 13.7. The first kappa shape index (κ1) is 25.8. The second-order valence-electron chi connectivity index (χ2n) is 8.97. The second-order valence-corrected chi connectivity index (χ2v) is 9.98. The molecule has 1 saturated heterocycles. The van der Waals surface area contributed by atoms with Gasteiger partial charge in [0.25, 0.3) is 5.56 Å². The van der Waals surface area contributed by atoms with Gasteiger partial charge in [-0.3, -0.25) is 9.36 Å². The standard InChI is InChI=1S/C28H31N3O6S/c1-4-35-21-11-9-18(15-22(21)36-5-2)25-20(27(33)34-3)17-29-28-31(25)26(32)23(38-28)16-19-10-12-24(37-19)30-13-7-6-8-14-30/h9-12,15-17,25H,4-8,13-14H2,1-3H3/b23-16-/t25-/m0/s1. The van der Waals surface area contributed by atoms with Crippen LogP contribution in [0.1, 0.15) is 50.5 Å². The fraction of sp³-hybridized carbons (Fsp3) is 0.393. The molecule has 1 aromatic carbocycles. The lowest BCUT2D eigenvalue weighted by molar-refractivity contribution is -0.136. The van der Waals surface area contributed by atoms with Crippen molar-refractivity contribution in [1.82, 2.24) is 4.57 Å². The molecule has 0 aliphatic carbocycles. The van der Waals surface area contributed by atoms with Gasteiger partial charge in [0.1, 0.15) is 5.76 Å². The van der Waals surface area contributed by atoms with Crippen LogP contribution in [-0.2, 0) is 9.53 Å². The number of aromatic nitrogens is 1. The van der Waals surface area contributed by atoms with E-state index in [1.165, 1.54) is 35.6 Å². The van der Waals surface area contributed by atoms with E-state index in [1.54, 1.807) is 18.2 Å². The SMILES string of the molecule is CCOc1ccc([C@H]2C(C(=O)OC)=CN=c3s/c(=C\c4ccc(N5CCCCC5)o4)c(=O)n32)cc1OCC. The van der Waals surface area contributed by atoms with Gasteiger partial charge in [-0.15, -0.1) is 0 Å². The lowest BCUT2D eigenvalue weighted by Crippen LogP contribution is -2.39. The van der Waals surface area contributed by atoms with Gasteiger partial charge < -0.3 is 23.5 Å². The summed E-state index contributed by atoms with van der Waals surface area (Å²) in [7, 11) is 1.31. The van der Waals surface area contributed by atoms with E-state index in [0.717, 1.165) is 31.8 Å². The first-order valence-electron chi connectivity index (χ1n) is 12.9. The minimum Gasteiger partial charge on any atom is -0.490 e. The zero-order chi connectivity index (χ0) is 26.6. The lowest BCUT2D eigenvalue weighted by Gasteiger charge is -2.25. The van der Waals surface area contributed by atoms with Gasteiger partial charge in [-0.05, 0) is 56.9 Å². The average Bonchev–Trinajstić information content (AvgIpc) is 3.54. The molecule has 1 atom stereocenters. The predicted molar refractivity (Wildman–Crippen MR) is 145 cm³/mol. The summed E-state index contributed by atoms with van der Waals surface area (Å²) in [6, 6.07) is 8.50. The highest BCUT2D eigenvalue weighted by molar-refractivity contribution is 7.07. The van der Waals surface area contributed by atoms with E-state index in [1.807, 2.05) is 32.0 Å². The minimum absolute atomic E-state index is 0.253. The monoisotopic (exact) mass is 537 g/mol. The molecule has 2 aromatic heterocycles. The Bertz CT molecular complexity index is 1530. The molecule has 2 aliphatic rings. The number of carbonyl (C=O) groups excluding carboxylic acids is 1. The molecule has 0 saturated carbocycles. The van der Waals surface area contributed by atoms with E-state index in [0.29, 0.717) is 45.4 Å². The number of carbonyl (C=O) groups is 1. The summed E-state index contributed by atoms with van der Waals surface area (Å²) in [5.41, 5.74) is 0.668. The normalized spacial score (nSPS) is 17.4. The molecule has 9 nitrogen and oxygen atoms in total. The van der Waals surface area contributed by atoms with E-state index >= 15 is 0 Å². The van der Waals surface area contributed by atoms with Gasteiger partial charge in [-0.1, -0.05) is 17.4 Å². The molecule has 0 radical (unpaired) electrons. The summed E-state index contributed by atoms with van der Waals surface area (Å²) < 4.78 is 24.6. The van der Waals surface area contributed by atoms with Gasteiger partial charge in [0.05, 0.1) is 36.5 Å². The summed E-state index contributed by atoms with van der Waals surface area (Å²) in [4.78, 5) is 33.6. The van der Waals surface area contributed by atoms with Gasteiger partial charge in [0.2, 0.25) is 0 Å². The quantitative estimate of drug-likeness (QED) is 0.407. The zero-order valence-electron chi connectivity index (χ0n) is 21.8. The Morgan fingerprint density at radius 2 is 1.87 bits per heavy atom. The molecular formula is C28H31N3O6S. The molecule has 3 aromatic rings. The van der Waals surface area contributed by atoms with Crippen LogP contribution in [0.25, 0.3) is 6.08 Å². The fourth-order valence-corrected chi connectivity index (χ4v) is 5.77. The molecule has 0 amide bonds. The van der Waals surface area contributed by atoms with Crippen molar-refractivity contribution in [3.63, 3.8) is 0 Å². The van der Waals surface area contributed by atoms with Crippen LogP contribution < -0.4 is 29.3 Å².